The van der Waals surface area contributed by atoms with E-state index in [-0.39, 0.29) is 12.0 Å². The molecule has 0 unspecified atom stereocenters. The lowest BCUT2D eigenvalue weighted by Gasteiger charge is -2.10. The summed E-state index contributed by atoms with van der Waals surface area (Å²) in [6, 6.07) is 14.0. The van der Waals surface area contributed by atoms with Crippen LogP contribution in [0.4, 0.5) is 5.95 Å². The minimum Gasteiger partial charge on any atom is -0.493 e. The molecule has 10 nitrogen and oxygen atoms in total. The van der Waals surface area contributed by atoms with E-state index in [0.29, 0.717) is 37.0 Å². The van der Waals surface area contributed by atoms with Gasteiger partial charge in [0.05, 0.1) is 27.4 Å². The zero-order valence-corrected chi connectivity index (χ0v) is 19.3. The molecule has 0 saturated heterocycles. The molecule has 0 saturated carbocycles. The predicted octanol–water partition coefficient (Wildman–Crippen LogP) is 4.29. The highest BCUT2D eigenvalue weighted by atomic mass is 16.5. The van der Waals surface area contributed by atoms with Crippen molar-refractivity contribution in [3.63, 3.8) is 0 Å². The monoisotopic (exact) mass is 459 g/mol. The van der Waals surface area contributed by atoms with Gasteiger partial charge in [0.1, 0.15) is 6.33 Å². The van der Waals surface area contributed by atoms with Gasteiger partial charge in [0.25, 0.3) is 5.95 Å². The number of nitrogens with zero attached hydrogens (tertiary/aromatic N) is 7. The minimum atomic E-state index is 0.156. The van der Waals surface area contributed by atoms with Gasteiger partial charge in [-0.25, -0.2) is 4.98 Å². The predicted molar refractivity (Wildman–Crippen MR) is 125 cm³/mol. The lowest BCUT2D eigenvalue weighted by Crippen LogP contribution is -2.08. The number of aromatic nitrogens is 5. The second kappa shape index (κ2) is 11.0. The molecule has 4 rings (SSSR count). The topological polar surface area (TPSA) is 109 Å². The molecule has 174 valence electrons. The quantitative estimate of drug-likeness (QED) is 0.325. The standard InChI is InChI=1S/C24H25N7O3/c1-17-5-4-6-19(13-17)15-26-30-22-27-23(31-11-10-25-16-31)29-24(28-22)34-12-9-18-7-8-20(32-2)21(14-18)33-3/h4-8,10-11,13-14,16H,9,12,15H2,1-3H3. The fourth-order valence-electron chi connectivity index (χ4n) is 3.22. The van der Waals surface area contributed by atoms with E-state index in [0.717, 1.165) is 11.1 Å². The molecule has 0 atom stereocenters. The molecule has 0 aliphatic rings. The smallest absolute Gasteiger partial charge is 0.323 e. The molecule has 0 spiro atoms. The number of azo groups is 1. The number of benzene rings is 2. The Balaban J connectivity index is 1.48. The lowest BCUT2D eigenvalue weighted by molar-refractivity contribution is 0.294. The molecule has 0 amide bonds. The SMILES string of the molecule is COc1ccc(CCOc2nc(N=NCc3cccc(C)c3)nc(-n3ccnc3)n2)cc1OC. The van der Waals surface area contributed by atoms with E-state index in [1.54, 1.807) is 37.5 Å². The first-order chi connectivity index (χ1) is 16.6. The number of hydrogen-bond donors (Lipinski definition) is 0. The van der Waals surface area contributed by atoms with Crippen molar-refractivity contribution < 1.29 is 14.2 Å². The van der Waals surface area contributed by atoms with Crippen LogP contribution in [0.5, 0.6) is 17.5 Å². The van der Waals surface area contributed by atoms with E-state index in [4.69, 9.17) is 14.2 Å². The summed E-state index contributed by atoms with van der Waals surface area (Å²) in [6.45, 7) is 2.81. The molecule has 0 fully saturated rings. The van der Waals surface area contributed by atoms with Crippen LogP contribution in [0.25, 0.3) is 5.95 Å². The molecule has 10 heteroatoms. The molecule has 0 bridgehead atoms. The largest absolute Gasteiger partial charge is 0.493 e. The third kappa shape index (κ3) is 5.91. The molecule has 0 aliphatic heterocycles. The fraction of sp³-hybridized carbons (Fsp3) is 0.250. The maximum absolute atomic E-state index is 5.83. The molecule has 0 N–H and O–H groups in total. The van der Waals surface area contributed by atoms with Crippen molar-refractivity contribution in [3.8, 4) is 23.5 Å². The first-order valence-electron chi connectivity index (χ1n) is 10.7. The zero-order chi connectivity index (χ0) is 23.8. The van der Waals surface area contributed by atoms with Crippen LogP contribution >= 0.6 is 0 Å². The molecule has 2 aromatic carbocycles. The summed E-state index contributed by atoms with van der Waals surface area (Å²) in [5, 5.41) is 8.43. The number of imidazole rings is 1. The average molecular weight is 460 g/mol. The lowest BCUT2D eigenvalue weighted by atomic mass is 10.1. The van der Waals surface area contributed by atoms with E-state index < -0.39 is 0 Å². The number of rotatable bonds is 10. The molecule has 34 heavy (non-hydrogen) atoms. The Morgan fingerprint density at radius 3 is 2.59 bits per heavy atom. The van der Waals surface area contributed by atoms with Gasteiger partial charge in [-0.05, 0) is 30.2 Å². The van der Waals surface area contributed by atoms with Gasteiger partial charge in [-0.15, -0.1) is 5.11 Å². The van der Waals surface area contributed by atoms with Crippen LogP contribution in [0.2, 0.25) is 0 Å². The van der Waals surface area contributed by atoms with E-state index >= 15 is 0 Å². The molecule has 2 aromatic heterocycles. The summed E-state index contributed by atoms with van der Waals surface area (Å²) >= 11 is 0. The van der Waals surface area contributed by atoms with E-state index in [9.17, 15) is 0 Å². The van der Waals surface area contributed by atoms with Gasteiger partial charge in [-0.1, -0.05) is 35.9 Å². The normalized spacial score (nSPS) is 11.0. The maximum Gasteiger partial charge on any atom is 0.323 e. The number of methoxy groups -OCH3 is 2. The van der Waals surface area contributed by atoms with Gasteiger partial charge >= 0.3 is 6.01 Å². The Morgan fingerprint density at radius 1 is 0.941 bits per heavy atom. The maximum atomic E-state index is 5.83. The molecule has 4 aromatic rings. The van der Waals surface area contributed by atoms with Crippen LogP contribution in [0.15, 0.2) is 71.4 Å². The summed E-state index contributed by atoms with van der Waals surface area (Å²) in [6.07, 6.45) is 5.59. The Kier molecular flexibility index (Phi) is 7.39. The number of hydrogen-bond acceptors (Lipinski definition) is 9. The molecular weight excluding hydrogens is 434 g/mol. The fourth-order valence-corrected chi connectivity index (χ4v) is 3.22. The Bertz CT molecular complexity index is 1260. The van der Waals surface area contributed by atoms with Gasteiger partial charge < -0.3 is 14.2 Å². The Morgan fingerprint density at radius 2 is 1.82 bits per heavy atom. The highest BCUT2D eigenvalue weighted by Crippen LogP contribution is 2.27. The van der Waals surface area contributed by atoms with Gasteiger partial charge in [0.2, 0.25) is 5.95 Å². The first kappa shape index (κ1) is 22.8. The average Bonchev–Trinajstić information content (AvgIpc) is 3.39. The van der Waals surface area contributed by atoms with Crippen molar-refractivity contribution in [1.29, 1.82) is 0 Å². The Labute approximate surface area is 197 Å². The third-order valence-electron chi connectivity index (χ3n) is 4.89. The summed E-state index contributed by atoms with van der Waals surface area (Å²) in [5.41, 5.74) is 3.25. The van der Waals surface area contributed by atoms with Gasteiger partial charge in [0.15, 0.2) is 11.5 Å². The zero-order valence-electron chi connectivity index (χ0n) is 19.3. The third-order valence-corrected chi connectivity index (χ3v) is 4.89. The molecule has 0 aliphatic carbocycles. The summed E-state index contributed by atoms with van der Waals surface area (Å²) in [7, 11) is 3.21. The van der Waals surface area contributed by atoms with Gasteiger partial charge in [-0.2, -0.15) is 20.1 Å². The van der Waals surface area contributed by atoms with Crippen molar-refractivity contribution in [3.05, 3.63) is 77.9 Å². The summed E-state index contributed by atoms with van der Waals surface area (Å²) in [4.78, 5) is 17.1. The van der Waals surface area contributed by atoms with Crippen molar-refractivity contribution in [2.75, 3.05) is 20.8 Å². The molecular formula is C24H25N7O3. The summed E-state index contributed by atoms with van der Waals surface area (Å²) < 4.78 is 18.1. The van der Waals surface area contributed by atoms with Crippen LogP contribution in [0.1, 0.15) is 16.7 Å². The highest BCUT2D eigenvalue weighted by molar-refractivity contribution is 5.43. The van der Waals surface area contributed by atoms with Crippen LogP contribution in [-0.4, -0.2) is 45.3 Å². The van der Waals surface area contributed by atoms with Crippen LogP contribution in [-0.2, 0) is 13.0 Å². The van der Waals surface area contributed by atoms with Gasteiger partial charge in [0, 0.05) is 18.8 Å². The second-order valence-corrected chi connectivity index (χ2v) is 7.36. The number of aryl methyl sites for hydroxylation is 1. The van der Waals surface area contributed by atoms with Crippen molar-refractivity contribution >= 4 is 5.95 Å². The van der Waals surface area contributed by atoms with Crippen molar-refractivity contribution in [2.45, 2.75) is 19.9 Å². The molecule has 0 radical (unpaired) electrons. The van der Waals surface area contributed by atoms with Gasteiger partial charge in [-0.3, -0.25) is 4.57 Å². The number of ether oxygens (including phenoxy) is 3. The van der Waals surface area contributed by atoms with E-state index in [2.05, 4.69) is 36.2 Å². The molecule has 2 heterocycles. The second-order valence-electron chi connectivity index (χ2n) is 7.36. The van der Waals surface area contributed by atoms with Crippen molar-refractivity contribution in [2.24, 2.45) is 10.2 Å². The van der Waals surface area contributed by atoms with Crippen LogP contribution in [0, 0.1) is 6.92 Å². The van der Waals surface area contributed by atoms with Crippen LogP contribution < -0.4 is 14.2 Å². The summed E-state index contributed by atoms with van der Waals surface area (Å²) in [5.74, 6) is 1.85. The van der Waals surface area contributed by atoms with Crippen LogP contribution in [0.3, 0.4) is 0 Å². The van der Waals surface area contributed by atoms with E-state index in [1.807, 2.05) is 43.3 Å². The van der Waals surface area contributed by atoms with Crippen molar-refractivity contribution in [1.82, 2.24) is 24.5 Å². The first-order valence-corrected chi connectivity index (χ1v) is 10.7. The minimum absolute atomic E-state index is 0.156. The van der Waals surface area contributed by atoms with E-state index in [1.165, 1.54) is 5.56 Å². The highest BCUT2D eigenvalue weighted by Gasteiger charge is 2.10. The Hall–Kier alpha value is -4.34.